The lowest BCUT2D eigenvalue weighted by Crippen LogP contribution is -1.85. The van der Waals surface area contributed by atoms with E-state index < -0.39 is 0 Å². The number of hydrogen-bond acceptors (Lipinski definition) is 2. The molecule has 27 heavy (non-hydrogen) atoms. The number of imidazole rings is 1. The van der Waals surface area contributed by atoms with Crippen LogP contribution in [0.1, 0.15) is 0 Å². The Labute approximate surface area is 157 Å². The molecular formula is C24H17N3. The van der Waals surface area contributed by atoms with Crippen molar-refractivity contribution in [1.82, 2.24) is 15.0 Å². The molecule has 3 nitrogen and oxygen atoms in total. The number of hydrogen-bond donors (Lipinski definition) is 1. The predicted octanol–water partition coefficient (Wildman–Crippen LogP) is 5.96. The van der Waals surface area contributed by atoms with E-state index in [1.807, 2.05) is 24.3 Å². The zero-order valence-electron chi connectivity index (χ0n) is 14.6. The molecule has 2 heterocycles. The van der Waals surface area contributed by atoms with Crippen molar-refractivity contribution < 1.29 is 0 Å². The van der Waals surface area contributed by atoms with E-state index in [0.717, 1.165) is 39.1 Å². The van der Waals surface area contributed by atoms with Crippen LogP contribution in [0, 0.1) is 0 Å². The topological polar surface area (TPSA) is 41.6 Å². The largest absolute Gasteiger partial charge is 0.337 e. The molecule has 3 aromatic carbocycles. The smallest absolute Gasteiger partial charge is 0.138 e. The minimum Gasteiger partial charge on any atom is -0.337 e. The maximum atomic E-state index is 4.96. The van der Waals surface area contributed by atoms with Crippen LogP contribution in [-0.4, -0.2) is 15.0 Å². The van der Waals surface area contributed by atoms with Crippen LogP contribution in [0.15, 0.2) is 97.3 Å². The molecule has 5 aromatic rings. The Morgan fingerprint density at radius 3 is 1.81 bits per heavy atom. The fraction of sp³-hybridized carbons (Fsp3) is 0. The molecule has 0 saturated carbocycles. The SMILES string of the molecule is c1ccc(-c2ccc(-c3ccccc3)c3[nH]c(-c4ccncc4)nc23)cc1. The van der Waals surface area contributed by atoms with Gasteiger partial charge >= 0.3 is 0 Å². The minimum atomic E-state index is 0.855. The van der Waals surface area contributed by atoms with Crippen molar-refractivity contribution >= 4 is 11.0 Å². The fourth-order valence-electron chi connectivity index (χ4n) is 3.45. The summed E-state index contributed by atoms with van der Waals surface area (Å²) in [6.45, 7) is 0. The maximum absolute atomic E-state index is 4.96. The molecule has 0 amide bonds. The number of nitrogens with zero attached hydrogens (tertiary/aromatic N) is 2. The van der Waals surface area contributed by atoms with Crippen molar-refractivity contribution in [3.05, 3.63) is 97.3 Å². The number of rotatable bonds is 3. The molecule has 0 fully saturated rings. The van der Waals surface area contributed by atoms with Gasteiger partial charge in [-0.1, -0.05) is 72.8 Å². The standard InChI is InChI=1S/C24H17N3/c1-3-7-17(8-4-1)20-11-12-21(18-9-5-2-6-10-18)23-22(20)26-24(27-23)19-13-15-25-16-14-19/h1-16H,(H,26,27). The minimum absolute atomic E-state index is 0.855. The zero-order chi connectivity index (χ0) is 18.1. The maximum Gasteiger partial charge on any atom is 0.138 e. The van der Waals surface area contributed by atoms with Crippen LogP contribution in [0.2, 0.25) is 0 Å². The van der Waals surface area contributed by atoms with Crippen LogP contribution >= 0.6 is 0 Å². The lowest BCUT2D eigenvalue weighted by Gasteiger charge is -2.07. The van der Waals surface area contributed by atoms with Crippen molar-refractivity contribution in [2.45, 2.75) is 0 Å². The van der Waals surface area contributed by atoms with Gasteiger partial charge in [-0.15, -0.1) is 0 Å². The van der Waals surface area contributed by atoms with E-state index in [9.17, 15) is 0 Å². The van der Waals surface area contributed by atoms with E-state index >= 15 is 0 Å². The molecule has 0 bridgehead atoms. The average molecular weight is 347 g/mol. The molecule has 0 radical (unpaired) electrons. The summed E-state index contributed by atoms with van der Waals surface area (Å²) >= 11 is 0. The molecular weight excluding hydrogens is 330 g/mol. The van der Waals surface area contributed by atoms with E-state index in [2.05, 4.69) is 70.6 Å². The van der Waals surface area contributed by atoms with Gasteiger partial charge in [-0.3, -0.25) is 4.98 Å². The molecule has 128 valence electrons. The van der Waals surface area contributed by atoms with E-state index in [4.69, 9.17) is 4.98 Å². The number of nitrogens with one attached hydrogen (secondary N) is 1. The lowest BCUT2D eigenvalue weighted by molar-refractivity contribution is 1.28. The number of benzene rings is 3. The van der Waals surface area contributed by atoms with Crippen LogP contribution in [0.25, 0.3) is 44.7 Å². The molecule has 0 atom stereocenters. The zero-order valence-corrected chi connectivity index (χ0v) is 14.6. The molecule has 5 rings (SSSR count). The molecule has 0 saturated heterocycles. The number of pyridine rings is 1. The van der Waals surface area contributed by atoms with Gasteiger partial charge in [0.2, 0.25) is 0 Å². The molecule has 1 N–H and O–H groups in total. The molecule has 3 heteroatoms. The van der Waals surface area contributed by atoms with Gasteiger partial charge in [-0.05, 0) is 23.3 Å². The summed E-state index contributed by atoms with van der Waals surface area (Å²) in [4.78, 5) is 12.6. The summed E-state index contributed by atoms with van der Waals surface area (Å²) in [6.07, 6.45) is 3.58. The normalized spacial score (nSPS) is 11.0. The third kappa shape index (κ3) is 2.79. The first-order chi connectivity index (χ1) is 13.4. The third-order valence-corrected chi connectivity index (χ3v) is 4.77. The first-order valence-corrected chi connectivity index (χ1v) is 8.94. The molecule has 0 aliphatic carbocycles. The van der Waals surface area contributed by atoms with E-state index in [0.29, 0.717) is 0 Å². The molecule has 0 aliphatic heterocycles. The van der Waals surface area contributed by atoms with Crippen LogP contribution in [0.3, 0.4) is 0 Å². The predicted molar refractivity (Wildman–Crippen MR) is 110 cm³/mol. The van der Waals surface area contributed by atoms with Gasteiger partial charge in [0, 0.05) is 29.1 Å². The number of H-pyrrole nitrogens is 1. The van der Waals surface area contributed by atoms with E-state index in [1.165, 1.54) is 5.56 Å². The highest BCUT2D eigenvalue weighted by molar-refractivity contribution is 6.02. The summed E-state index contributed by atoms with van der Waals surface area (Å²) in [5, 5.41) is 0. The third-order valence-electron chi connectivity index (χ3n) is 4.77. The van der Waals surface area contributed by atoms with Gasteiger partial charge in [0.25, 0.3) is 0 Å². The van der Waals surface area contributed by atoms with Crippen LogP contribution in [0.5, 0.6) is 0 Å². The monoisotopic (exact) mass is 347 g/mol. The van der Waals surface area contributed by atoms with E-state index in [-0.39, 0.29) is 0 Å². The average Bonchev–Trinajstić information content (AvgIpc) is 3.20. The Morgan fingerprint density at radius 1 is 0.556 bits per heavy atom. The lowest BCUT2D eigenvalue weighted by atomic mass is 9.98. The first kappa shape index (κ1) is 15.5. The second-order valence-corrected chi connectivity index (χ2v) is 6.44. The van der Waals surface area contributed by atoms with Crippen LogP contribution in [0.4, 0.5) is 0 Å². The summed E-state index contributed by atoms with van der Waals surface area (Å²) in [5.41, 5.74) is 7.67. The van der Waals surface area contributed by atoms with Crippen molar-refractivity contribution in [2.24, 2.45) is 0 Å². The highest BCUT2D eigenvalue weighted by Crippen LogP contribution is 2.35. The number of aromatic nitrogens is 3. The van der Waals surface area contributed by atoms with Gasteiger partial charge in [-0.2, -0.15) is 0 Å². The molecule has 0 aliphatic rings. The van der Waals surface area contributed by atoms with Crippen molar-refractivity contribution in [2.75, 3.05) is 0 Å². The van der Waals surface area contributed by atoms with Crippen molar-refractivity contribution in [3.8, 4) is 33.6 Å². The fourth-order valence-corrected chi connectivity index (χ4v) is 3.45. The summed E-state index contributed by atoms with van der Waals surface area (Å²) in [6, 6.07) is 29.1. The second-order valence-electron chi connectivity index (χ2n) is 6.44. The van der Waals surface area contributed by atoms with Crippen LogP contribution < -0.4 is 0 Å². The first-order valence-electron chi connectivity index (χ1n) is 8.94. The summed E-state index contributed by atoms with van der Waals surface area (Å²) in [5.74, 6) is 0.855. The molecule has 0 unspecified atom stereocenters. The van der Waals surface area contributed by atoms with Gasteiger partial charge in [0.15, 0.2) is 0 Å². The quantitative estimate of drug-likeness (QED) is 0.437. The Hall–Kier alpha value is -3.72. The van der Waals surface area contributed by atoms with E-state index in [1.54, 1.807) is 12.4 Å². The Bertz CT molecular complexity index is 1120. The van der Waals surface area contributed by atoms with Gasteiger partial charge in [0.1, 0.15) is 5.82 Å². The van der Waals surface area contributed by atoms with Crippen LogP contribution in [-0.2, 0) is 0 Å². The molecule has 2 aromatic heterocycles. The van der Waals surface area contributed by atoms with Gasteiger partial charge < -0.3 is 4.98 Å². The highest BCUT2D eigenvalue weighted by atomic mass is 14.9. The van der Waals surface area contributed by atoms with Gasteiger partial charge in [0.05, 0.1) is 11.0 Å². The summed E-state index contributed by atoms with van der Waals surface area (Å²) in [7, 11) is 0. The second kappa shape index (κ2) is 6.54. The van der Waals surface area contributed by atoms with Crippen molar-refractivity contribution in [3.63, 3.8) is 0 Å². The Balaban J connectivity index is 1.80. The Kier molecular flexibility index (Phi) is 3.76. The molecule has 0 spiro atoms. The Morgan fingerprint density at radius 2 is 1.15 bits per heavy atom. The highest BCUT2D eigenvalue weighted by Gasteiger charge is 2.15. The number of fused-ring (bicyclic) bond motifs is 1. The number of aromatic amines is 1. The van der Waals surface area contributed by atoms with Gasteiger partial charge in [-0.25, -0.2) is 4.98 Å². The van der Waals surface area contributed by atoms with Crippen molar-refractivity contribution in [1.29, 1.82) is 0 Å². The summed E-state index contributed by atoms with van der Waals surface area (Å²) < 4.78 is 0.